The van der Waals surface area contributed by atoms with Crippen LogP contribution in [0.4, 0.5) is 19.0 Å². The van der Waals surface area contributed by atoms with Crippen LogP contribution in [0.25, 0.3) is 22.5 Å². The van der Waals surface area contributed by atoms with E-state index in [4.69, 9.17) is 4.74 Å². The number of aryl methyl sites for hydroxylation is 1. The number of fused-ring (bicyclic) bond motifs is 1. The van der Waals surface area contributed by atoms with E-state index in [-0.39, 0.29) is 18.5 Å². The standard InChI is InChI=1S/C25H26F3N5O2/c1-15-12-17(2-5-19(15)24(34)31-18-3-4-18)21-13-30-23-22(29-9-8-25(26,27)28)32-20(14-33(21)23)16-6-10-35-11-7-16/h2,5-6,12-14,18H,3-4,7-11H2,1H3,(H,29,32)(H,31,34). The first-order valence-electron chi connectivity index (χ1n) is 11.7. The minimum absolute atomic E-state index is 0.0798. The van der Waals surface area contributed by atoms with Crippen LogP contribution in [0.3, 0.4) is 0 Å². The van der Waals surface area contributed by atoms with Gasteiger partial charge in [0.25, 0.3) is 5.91 Å². The monoisotopic (exact) mass is 485 g/mol. The summed E-state index contributed by atoms with van der Waals surface area (Å²) in [6.45, 7) is 2.61. The molecule has 0 unspecified atom stereocenters. The van der Waals surface area contributed by atoms with E-state index in [1.165, 1.54) is 0 Å². The lowest BCUT2D eigenvalue weighted by Crippen LogP contribution is -2.26. The highest BCUT2D eigenvalue weighted by Gasteiger charge is 2.27. The largest absolute Gasteiger partial charge is 0.390 e. The summed E-state index contributed by atoms with van der Waals surface area (Å²) in [5.74, 6) is 0.214. The molecule has 3 aromatic rings. The van der Waals surface area contributed by atoms with E-state index < -0.39 is 12.6 Å². The number of hydrogen-bond donors (Lipinski definition) is 2. The molecule has 35 heavy (non-hydrogen) atoms. The van der Waals surface area contributed by atoms with E-state index in [0.717, 1.165) is 35.2 Å². The molecule has 1 aromatic carbocycles. The van der Waals surface area contributed by atoms with Gasteiger partial charge in [0.05, 0.1) is 37.2 Å². The van der Waals surface area contributed by atoms with Crippen molar-refractivity contribution in [3.8, 4) is 11.3 Å². The molecule has 0 spiro atoms. The van der Waals surface area contributed by atoms with Crippen LogP contribution >= 0.6 is 0 Å². The second-order valence-electron chi connectivity index (χ2n) is 8.94. The number of nitrogens with zero attached hydrogens (tertiary/aromatic N) is 3. The third-order valence-corrected chi connectivity index (χ3v) is 6.16. The van der Waals surface area contributed by atoms with Crippen LogP contribution in [0.2, 0.25) is 0 Å². The van der Waals surface area contributed by atoms with Gasteiger partial charge in [0.2, 0.25) is 0 Å². The van der Waals surface area contributed by atoms with E-state index in [1.807, 2.05) is 35.7 Å². The number of amides is 1. The van der Waals surface area contributed by atoms with E-state index >= 15 is 0 Å². The summed E-state index contributed by atoms with van der Waals surface area (Å²) in [5.41, 5.74) is 5.13. The summed E-state index contributed by atoms with van der Waals surface area (Å²) in [4.78, 5) is 21.6. The zero-order chi connectivity index (χ0) is 24.6. The molecule has 2 aromatic heterocycles. The minimum atomic E-state index is -4.27. The molecule has 1 fully saturated rings. The molecule has 1 aliphatic carbocycles. The second-order valence-corrected chi connectivity index (χ2v) is 8.94. The second kappa shape index (κ2) is 9.33. The molecular formula is C25H26F3N5O2. The number of rotatable bonds is 7. The fourth-order valence-electron chi connectivity index (χ4n) is 4.13. The lowest BCUT2D eigenvalue weighted by Gasteiger charge is -2.16. The van der Waals surface area contributed by atoms with Gasteiger partial charge in [-0.3, -0.25) is 9.20 Å². The number of carbonyl (C=O) groups is 1. The molecule has 1 aliphatic heterocycles. The first-order chi connectivity index (χ1) is 16.8. The summed E-state index contributed by atoms with van der Waals surface area (Å²) >= 11 is 0. The average molecular weight is 486 g/mol. The zero-order valence-corrected chi connectivity index (χ0v) is 19.3. The summed E-state index contributed by atoms with van der Waals surface area (Å²) in [6, 6.07) is 5.86. The highest BCUT2D eigenvalue weighted by Crippen LogP contribution is 2.30. The van der Waals surface area contributed by atoms with Crippen LogP contribution in [-0.4, -0.2) is 52.3 Å². The van der Waals surface area contributed by atoms with E-state index in [0.29, 0.717) is 42.4 Å². The van der Waals surface area contributed by atoms with Gasteiger partial charge < -0.3 is 15.4 Å². The van der Waals surface area contributed by atoms with Crippen molar-refractivity contribution in [2.24, 2.45) is 0 Å². The predicted octanol–water partition coefficient (Wildman–Crippen LogP) is 4.76. The molecule has 10 heteroatoms. The number of halogens is 3. The molecule has 0 radical (unpaired) electrons. The first-order valence-corrected chi connectivity index (χ1v) is 11.7. The lowest BCUT2D eigenvalue weighted by molar-refractivity contribution is -0.131. The molecule has 3 heterocycles. The maximum absolute atomic E-state index is 12.7. The number of carbonyl (C=O) groups excluding carboxylic acids is 1. The Morgan fingerprint density at radius 3 is 2.80 bits per heavy atom. The number of alkyl halides is 3. The Kier molecular flexibility index (Phi) is 6.22. The summed E-state index contributed by atoms with van der Waals surface area (Å²) in [6.07, 6.45) is 2.92. The number of anilines is 1. The number of ether oxygens (including phenoxy) is 1. The highest BCUT2D eigenvalue weighted by molar-refractivity contribution is 5.96. The summed E-state index contributed by atoms with van der Waals surface area (Å²) in [5, 5.41) is 5.83. The van der Waals surface area contributed by atoms with Crippen molar-refractivity contribution in [1.82, 2.24) is 19.7 Å². The fraction of sp³-hybridized carbons (Fsp3) is 0.400. The van der Waals surface area contributed by atoms with Crippen LogP contribution in [0, 0.1) is 6.92 Å². The quantitative estimate of drug-likeness (QED) is 0.504. The molecule has 5 rings (SSSR count). The van der Waals surface area contributed by atoms with Gasteiger partial charge in [-0.25, -0.2) is 9.97 Å². The van der Waals surface area contributed by atoms with Crippen molar-refractivity contribution < 1.29 is 22.7 Å². The van der Waals surface area contributed by atoms with Gasteiger partial charge in [-0.05, 0) is 49.5 Å². The van der Waals surface area contributed by atoms with E-state index in [1.54, 1.807) is 12.3 Å². The Labute approximate surface area is 200 Å². The summed E-state index contributed by atoms with van der Waals surface area (Å²) < 4.78 is 45.4. The Morgan fingerprint density at radius 1 is 1.29 bits per heavy atom. The lowest BCUT2D eigenvalue weighted by atomic mass is 10.0. The maximum atomic E-state index is 12.7. The van der Waals surface area contributed by atoms with Crippen molar-refractivity contribution >= 4 is 22.9 Å². The number of aromatic nitrogens is 3. The Balaban J connectivity index is 1.52. The van der Waals surface area contributed by atoms with Crippen molar-refractivity contribution in [2.75, 3.05) is 25.1 Å². The van der Waals surface area contributed by atoms with Crippen molar-refractivity contribution in [3.63, 3.8) is 0 Å². The van der Waals surface area contributed by atoms with Gasteiger partial charge >= 0.3 is 6.18 Å². The zero-order valence-electron chi connectivity index (χ0n) is 19.3. The summed E-state index contributed by atoms with van der Waals surface area (Å²) in [7, 11) is 0. The molecule has 2 N–H and O–H groups in total. The minimum Gasteiger partial charge on any atom is -0.377 e. The highest BCUT2D eigenvalue weighted by atomic mass is 19.4. The Hall–Kier alpha value is -3.40. The average Bonchev–Trinajstić information content (AvgIpc) is 3.53. The van der Waals surface area contributed by atoms with Gasteiger partial charge in [-0.2, -0.15) is 13.2 Å². The van der Waals surface area contributed by atoms with Crippen molar-refractivity contribution in [3.05, 3.63) is 53.5 Å². The molecule has 0 atom stereocenters. The normalized spacial score (nSPS) is 16.3. The molecule has 7 nitrogen and oxygen atoms in total. The number of hydrogen-bond acceptors (Lipinski definition) is 5. The maximum Gasteiger partial charge on any atom is 0.390 e. The van der Waals surface area contributed by atoms with Gasteiger partial charge in [0.15, 0.2) is 11.5 Å². The van der Waals surface area contributed by atoms with Crippen molar-refractivity contribution in [2.45, 2.75) is 44.8 Å². The topological polar surface area (TPSA) is 80.6 Å². The van der Waals surface area contributed by atoms with Crippen LogP contribution < -0.4 is 10.6 Å². The first kappa shape index (κ1) is 23.3. The fourth-order valence-corrected chi connectivity index (χ4v) is 4.13. The van der Waals surface area contributed by atoms with Crippen LogP contribution in [0.1, 0.15) is 47.3 Å². The predicted molar refractivity (Wildman–Crippen MR) is 126 cm³/mol. The molecule has 1 amide bonds. The van der Waals surface area contributed by atoms with E-state index in [9.17, 15) is 18.0 Å². The third kappa shape index (κ3) is 5.32. The Bertz CT molecular complexity index is 1290. The number of imidazole rings is 1. The van der Waals surface area contributed by atoms with Gasteiger partial charge in [0, 0.05) is 29.9 Å². The molecule has 2 aliphatic rings. The number of nitrogens with one attached hydrogen (secondary N) is 2. The molecule has 0 saturated heterocycles. The smallest absolute Gasteiger partial charge is 0.377 e. The van der Waals surface area contributed by atoms with Gasteiger partial charge in [-0.1, -0.05) is 12.1 Å². The van der Waals surface area contributed by atoms with E-state index in [2.05, 4.69) is 20.6 Å². The molecule has 0 bridgehead atoms. The number of benzene rings is 1. The molecule has 184 valence electrons. The van der Waals surface area contributed by atoms with Crippen LogP contribution in [0.15, 0.2) is 36.7 Å². The Morgan fingerprint density at radius 2 is 2.11 bits per heavy atom. The molecule has 1 saturated carbocycles. The van der Waals surface area contributed by atoms with Crippen molar-refractivity contribution in [1.29, 1.82) is 0 Å². The van der Waals surface area contributed by atoms with Gasteiger partial charge in [0.1, 0.15) is 0 Å². The van der Waals surface area contributed by atoms with Crippen LogP contribution in [0.5, 0.6) is 0 Å². The van der Waals surface area contributed by atoms with Gasteiger partial charge in [-0.15, -0.1) is 0 Å². The van der Waals surface area contributed by atoms with Crippen LogP contribution in [-0.2, 0) is 4.74 Å². The molecular weight excluding hydrogens is 459 g/mol. The SMILES string of the molecule is Cc1cc(-c2cnc3c(NCCC(F)(F)F)nc(C4=CCOCC4)cn23)ccc1C(=O)NC1CC1. The third-order valence-electron chi connectivity index (χ3n) is 6.16.